The zero-order valence-electron chi connectivity index (χ0n) is 11.3. The Kier molecular flexibility index (Phi) is 3.77. The molecule has 0 radical (unpaired) electrons. The molecular formula is C14H19N3O. The Balaban J connectivity index is 2.08. The molecule has 0 fully saturated rings. The van der Waals surface area contributed by atoms with Crippen LogP contribution >= 0.6 is 0 Å². The van der Waals surface area contributed by atoms with Crippen LogP contribution < -0.4 is 5.32 Å². The molecule has 2 rings (SSSR count). The van der Waals surface area contributed by atoms with Gasteiger partial charge in [0, 0.05) is 36.2 Å². The van der Waals surface area contributed by atoms with E-state index in [1.165, 1.54) is 5.56 Å². The van der Waals surface area contributed by atoms with E-state index in [9.17, 15) is 0 Å². The Hall–Kier alpha value is -1.68. The molecule has 2 atom stereocenters. The fourth-order valence-corrected chi connectivity index (χ4v) is 2.16. The second kappa shape index (κ2) is 5.31. The largest absolute Gasteiger partial charge is 0.466 e. The molecule has 0 saturated heterocycles. The number of furan rings is 1. The van der Waals surface area contributed by atoms with Gasteiger partial charge in [-0.15, -0.1) is 0 Å². The zero-order valence-corrected chi connectivity index (χ0v) is 11.3. The van der Waals surface area contributed by atoms with Gasteiger partial charge in [0.1, 0.15) is 11.5 Å². The van der Waals surface area contributed by atoms with Crippen LogP contribution in [0, 0.1) is 13.8 Å². The van der Waals surface area contributed by atoms with Crippen LogP contribution in [0.25, 0.3) is 0 Å². The summed E-state index contributed by atoms with van der Waals surface area (Å²) in [5.74, 6) is 1.92. The molecule has 0 amide bonds. The van der Waals surface area contributed by atoms with Crippen LogP contribution in [0.1, 0.15) is 48.7 Å². The minimum Gasteiger partial charge on any atom is -0.466 e. The molecule has 4 nitrogen and oxygen atoms in total. The molecule has 1 N–H and O–H groups in total. The molecule has 2 heterocycles. The molecular weight excluding hydrogens is 226 g/mol. The fraction of sp³-hybridized carbons (Fsp3) is 0.429. The standard InChI is InChI=1S/C14H19N3O/c1-9-7-13(12(4)18-9)10(2)17-11(3)14-8-15-5-6-16-14/h5-8,10-11,17H,1-4H3. The zero-order chi connectivity index (χ0) is 13.1. The lowest BCUT2D eigenvalue weighted by atomic mass is 10.1. The summed E-state index contributed by atoms with van der Waals surface area (Å²) >= 11 is 0. The van der Waals surface area contributed by atoms with Crippen LogP contribution in [0.4, 0.5) is 0 Å². The lowest BCUT2D eigenvalue weighted by Crippen LogP contribution is -2.23. The minimum absolute atomic E-state index is 0.156. The Morgan fingerprint density at radius 3 is 2.50 bits per heavy atom. The molecule has 4 heteroatoms. The van der Waals surface area contributed by atoms with Crippen molar-refractivity contribution >= 4 is 0 Å². The average molecular weight is 245 g/mol. The van der Waals surface area contributed by atoms with Crippen LogP contribution in [0.3, 0.4) is 0 Å². The van der Waals surface area contributed by atoms with Gasteiger partial charge in [0.15, 0.2) is 0 Å². The summed E-state index contributed by atoms with van der Waals surface area (Å²) in [6.07, 6.45) is 5.19. The van der Waals surface area contributed by atoms with Gasteiger partial charge in [-0.3, -0.25) is 9.97 Å². The molecule has 2 unspecified atom stereocenters. The highest BCUT2D eigenvalue weighted by Crippen LogP contribution is 2.23. The number of aryl methyl sites for hydroxylation is 2. The van der Waals surface area contributed by atoms with Gasteiger partial charge in [0.25, 0.3) is 0 Å². The van der Waals surface area contributed by atoms with E-state index in [1.54, 1.807) is 18.6 Å². The van der Waals surface area contributed by atoms with Crippen molar-refractivity contribution in [2.24, 2.45) is 0 Å². The number of aromatic nitrogens is 2. The Morgan fingerprint density at radius 1 is 1.17 bits per heavy atom. The van der Waals surface area contributed by atoms with Crippen molar-refractivity contribution < 1.29 is 4.42 Å². The molecule has 18 heavy (non-hydrogen) atoms. The van der Waals surface area contributed by atoms with Gasteiger partial charge in [0.2, 0.25) is 0 Å². The fourth-order valence-electron chi connectivity index (χ4n) is 2.16. The molecule has 2 aromatic heterocycles. The van der Waals surface area contributed by atoms with Crippen molar-refractivity contribution in [2.45, 2.75) is 39.8 Å². The van der Waals surface area contributed by atoms with Gasteiger partial charge in [0.05, 0.1) is 5.69 Å². The lowest BCUT2D eigenvalue weighted by Gasteiger charge is -2.19. The molecule has 2 aromatic rings. The Bertz CT molecular complexity index is 507. The molecule has 0 aliphatic carbocycles. The highest BCUT2D eigenvalue weighted by atomic mass is 16.3. The number of hydrogen-bond donors (Lipinski definition) is 1. The summed E-state index contributed by atoms with van der Waals surface area (Å²) in [6, 6.07) is 2.46. The Labute approximate surface area is 107 Å². The monoisotopic (exact) mass is 245 g/mol. The Morgan fingerprint density at radius 2 is 1.94 bits per heavy atom. The number of hydrogen-bond acceptors (Lipinski definition) is 4. The first-order valence-corrected chi connectivity index (χ1v) is 6.17. The van der Waals surface area contributed by atoms with E-state index < -0.39 is 0 Å². The third kappa shape index (κ3) is 2.76. The van der Waals surface area contributed by atoms with Gasteiger partial charge in [-0.1, -0.05) is 0 Å². The van der Waals surface area contributed by atoms with Crippen LogP contribution in [-0.2, 0) is 0 Å². The van der Waals surface area contributed by atoms with E-state index in [-0.39, 0.29) is 12.1 Å². The molecule has 0 bridgehead atoms. The van der Waals surface area contributed by atoms with E-state index in [0.717, 1.165) is 17.2 Å². The summed E-state index contributed by atoms with van der Waals surface area (Å²) in [7, 11) is 0. The van der Waals surface area contributed by atoms with Crippen LogP contribution in [0.5, 0.6) is 0 Å². The van der Waals surface area contributed by atoms with Gasteiger partial charge in [-0.05, 0) is 33.8 Å². The third-order valence-electron chi connectivity index (χ3n) is 3.07. The minimum atomic E-state index is 0.156. The summed E-state index contributed by atoms with van der Waals surface area (Å²) in [5.41, 5.74) is 2.14. The topological polar surface area (TPSA) is 51.0 Å². The van der Waals surface area contributed by atoms with Crippen LogP contribution in [0.2, 0.25) is 0 Å². The summed E-state index contributed by atoms with van der Waals surface area (Å²) < 4.78 is 5.55. The average Bonchev–Trinajstić information content (AvgIpc) is 2.69. The van der Waals surface area contributed by atoms with E-state index in [0.29, 0.717) is 0 Å². The highest BCUT2D eigenvalue weighted by Gasteiger charge is 2.16. The van der Waals surface area contributed by atoms with Crippen molar-refractivity contribution in [1.29, 1.82) is 0 Å². The van der Waals surface area contributed by atoms with E-state index in [2.05, 4.69) is 35.2 Å². The van der Waals surface area contributed by atoms with Gasteiger partial charge < -0.3 is 9.73 Å². The summed E-state index contributed by atoms with van der Waals surface area (Å²) in [5, 5.41) is 3.50. The predicted octanol–water partition coefficient (Wildman–Crippen LogP) is 3.10. The van der Waals surface area contributed by atoms with Crippen molar-refractivity contribution in [3.05, 3.63) is 47.4 Å². The lowest BCUT2D eigenvalue weighted by molar-refractivity contribution is 0.464. The molecule has 96 valence electrons. The van der Waals surface area contributed by atoms with Crippen molar-refractivity contribution in [3.8, 4) is 0 Å². The predicted molar refractivity (Wildman–Crippen MR) is 70.2 cm³/mol. The molecule has 0 saturated carbocycles. The molecule has 0 aliphatic heterocycles. The first-order chi connectivity index (χ1) is 8.58. The maximum Gasteiger partial charge on any atom is 0.105 e. The van der Waals surface area contributed by atoms with Crippen molar-refractivity contribution in [3.63, 3.8) is 0 Å². The van der Waals surface area contributed by atoms with Crippen molar-refractivity contribution in [2.75, 3.05) is 0 Å². The van der Waals surface area contributed by atoms with Crippen molar-refractivity contribution in [1.82, 2.24) is 15.3 Å². The van der Waals surface area contributed by atoms with Crippen LogP contribution in [0.15, 0.2) is 29.1 Å². The van der Waals surface area contributed by atoms with E-state index in [4.69, 9.17) is 4.42 Å². The van der Waals surface area contributed by atoms with Gasteiger partial charge in [-0.2, -0.15) is 0 Å². The SMILES string of the molecule is Cc1cc(C(C)NC(C)c2cnccn2)c(C)o1. The normalized spacial score (nSPS) is 14.4. The first-order valence-electron chi connectivity index (χ1n) is 6.17. The van der Waals surface area contributed by atoms with Gasteiger partial charge >= 0.3 is 0 Å². The second-order valence-electron chi connectivity index (χ2n) is 4.61. The first kappa shape index (κ1) is 12.8. The molecule has 0 spiro atoms. The maximum atomic E-state index is 5.55. The number of nitrogens with one attached hydrogen (secondary N) is 1. The van der Waals surface area contributed by atoms with Crippen LogP contribution in [-0.4, -0.2) is 9.97 Å². The smallest absolute Gasteiger partial charge is 0.105 e. The van der Waals surface area contributed by atoms with E-state index in [1.807, 2.05) is 13.8 Å². The quantitative estimate of drug-likeness (QED) is 0.899. The molecule has 0 aliphatic rings. The van der Waals surface area contributed by atoms with E-state index >= 15 is 0 Å². The van der Waals surface area contributed by atoms with Gasteiger partial charge in [-0.25, -0.2) is 0 Å². The highest BCUT2D eigenvalue weighted by molar-refractivity contribution is 5.23. The number of nitrogens with zero attached hydrogens (tertiary/aromatic N) is 2. The summed E-state index contributed by atoms with van der Waals surface area (Å²) in [4.78, 5) is 8.39. The molecule has 0 aromatic carbocycles. The number of rotatable bonds is 4. The summed E-state index contributed by atoms with van der Waals surface area (Å²) in [6.45, 7) is 8.18. The maximum absolute atomic E-state index is 5.55. The third-order valence-corrected chi connectivity index (χ3v) is 3.07. The second-order valence-corrected chi connectivity index (χ2v) is 4.61.